The van der Waals surface area contributed by atoms with Gasteiger partial charge >= 0.3 is 0 Å². The minimum Gasteiger partial charge on any atom is -0.489 e. The molecular formula is C16H14BrNO. The van der Waals surface area contributed by atoms with E-state index in [4.69, 9.17) is 10.00 Å². The molecule has 0 atom stereocenters. The van der Waals surface area contributed by atoms with Crippen molar-refractivity contribution < 1.29 is 4.74 Å². The molecule has 0 saturated heterocycles. The van der Waals surface area contributed by atoms with Crippen molar-refractivity contribution in [1.82, 2.24) is 0 Å². The minimum absolute atomic E-state index is 0.519. The van der Waals surface area contributed by atoms with Crippen LogP contribution in [0.3, 0.4) is 0 Å². The van der Waals surface area contributed by atoms with E-state index in [2.05, 4.69) is 22.0 Å². The van der Waals surface area contributed by atoms with Crippen molar-refractivity contribution in [3.05, 3.63) is 64.7 Å². The smallest absolute Gasteiger partial charge is 0.119 e. The summed E-state index contributed by atoms with van der Waals surface area (Å²) in [5.74, 6) is 0.855. The second-order valence-electron chi connectivity index (χ2n) is 4.32. The van der Waals surface area contributed by atoms with Crippen molar-refractivity contribution in [3.63, 3.8) is 0 Å². The number of hydrogen-bond acceptors (Lipinski definition) is 2. The van der Waals surface area contributed by atoms with Crippen molar-refractivity contribution in [2.24, 2.45) is 0 Å². The number of nitrogens with zero attached hydrogens (tertiary/aromatic N) is 1. The second kappa shape index (κ2) is 6.40. The van der Waals surface area contributed by atoms with Crippen LogP contribution in [0, 0.1) is 18.3 Å². The summed E-state index contributed by atoms with van der Waals surface area (Å²) in [6.45, 7) is 2.51. The Balaban J connectivity index is 2.04. The highest BCUT2D eigenvalue weighted by atomic mass is 79.9. The zero-order chi connectivity index (χ0) is 13.7. The van der Waals surface area contributed by atoms with Gasteiger partial charge in [0, 0.05) is 5.33 Å². The van der Waals surface area contributed by atoms with E-state index in [-0.39, 0.29) is 0 Å². The second-order valence-corrected chi connectivity index (χ2v) is 4.88. The van der Waals surface area contributed by atoms with Gasteiger partial charge in [0.2, 0.25) is 0 Å². The molecular weight excluding hydrogens is 302 g/mol. The summed E-state index contributed by atoms with van der Waals surface area (Å²) >= 11 is 3.41. The molecule has 96 valence electrons. The van der Waals surface area contributed by atoms with Crippen molar-refractivity contribution in [1.29, 1.82) is 5.26 Å². The highest BCUT2D eigenvalue weighted by molar-refractivity contribution is 9.08. The molecule has 0 aliphatic carbocycles. The Bertz CT molecular complexity index is 599. The zero-order valence-corrected chi connectivity index (χ0v) is 12.3. The number of nitriles is 1. The van der Waals surface area contributed by atoms with Gasteiger partial charge in [-0.15, -0.1) is 0 Å². The SMILES string of the molecule is Cc1cc(C#N)ccc1COc1ccc(CBr)cc1. The minimum atomic E-state index is 0.519. The maximum Gasteiger partial charge on any atom is 0.119 e. The Labute approximate surface area is 121 Å². The molecule has 0 aliphatic rings. The van der Waals surface area contributed by atoms with Crippen LogP contribution in [0.2, 0.25) is 0 Å². The molecule has 0 unspecified atom stereocenters. The molecule has 0 radical (unpaired) electrons. The first-order valence-electron chi connectivity index (χ1n) is 6.00. The first-order chi connectivity index (χ1) is 9.22. The van der Waals surface area contributed by atoms with Crippen molar-refractivity contribution in [2.45, 2.75) is 18.9 Å². The summed E-state index contributed by atoms with van der Waals surface area (Å²) in [6, 6.07) is 15.8. The summed E-state index contributed by atoms with van der Waals surface area (Å²) in [5, 5.41) is 9.67. The van der Waals surface area contributed by atoms with Crippen LogP contribution in [0.25, 0.3) is 0 Å². The first kappa shape index (κ1) is 13.6. The average molecular weight is 316 g/mol. The lowest BCUT2D eigenvalue weighted by Gasteiger charge is -2.09. The maximum absolute atomic E-state index is 8.83. The van der Waals surface area contributed by atoms with E-state index in [0.29, 0.717) is 12.2 Å². The molecule has 2 nitrogen and oxygen atoms in total. The summed E-state index contributed by atoms with van der Waals surface area (Å²) < 4.78 is 5.75. The largest absolute Gasteiger partial charge is 0.489 e. The van der Waals surface area contributed by atoms with Crippen molar-refractivity contribution in [2.75, 3.05) is 0 Å². The Morgan fingerprint density at radius 1 is 1.16 bits per heavy atom. The van der Waals surface area contributed by atoms with E-state index in [1.807, 2.05) is 49.4 Å². The predicted molar refractivity (Wildman–Crippen MR) is 79.3 cm³/mol. The van der Waals surface area contributed by atoms with Crippen LogP contribution in [0.4, 0.5) is 0 Å². The Morgan fingerprint density at radius 3 is 2.47 bits per heavy atom. The van der Waals surface area contributed by atoms with Gasteiger partial charge in [-0.2, -0.15) is 5.26 Å². The van der Waals surface area contributed by atoms with Gasteiger partial charge in [-0.25, -0.2) is 0 Å². The van der Waals surface area contributed by atoms with Crippen LogP contribution in [-0.2, 0) is 11.9 Å². The Morgan fingerprint density at radius 2 is 1.89 bits per heavy atom. The number of benzene rings is 2. The van der Waals surface area contributed by atoms with Crippen LogP contribution in [-0.4, -0.2) is 0 Å². The fraction of sp³-hybridized carbons (Fsp3) is 0.188. The molecule has 0 aromatic heterocycles. The van der Waals surface area contributed by atoms with Crippen LogP contribution in [0.1, 0.15) is 22.3 Å². The van der Waals surface area contributed by atoms with E-state index < -0.39 is 0 Å². The molecule has 0 aliphatic heterocycles. The van der Waals surface area contributed by atoms with Gasteiger partial charge in [0.15, 0.2) is 0 Å². The summed E-state index contributed by atoms with van der Waals surface area (Å²) in [7, 11) is 0. The number of rotatable bonds is 4. The summed E-state index contributed by atoms with van der Waals surface area (Å²) in [4.78, 5) is 0. The number of alkyl halides is 1. The third-order valence-corrected chi connectivity index (χ3v) is 3.59. The third-order valence-electron chi connectivity index (χ3n) is 2.94. The third kappa shape index (κ3) is 3.59. The molecule has 0 saturated carbocycles. The molecule has 19 heavy (non-hydrogen) atoms. The predicted octanol–water partition coefficient (Wildman–Crippen LogP) is 4.34. The molecule has 2 aromatic rings. The highest BCUT2D eigenvalue weighted by Gasteiger charge is 2.01. The number of ether oxygens (including phenoxy) is 1. The molecule has 0 amide bonds. The number of aryl methyl sites for hydroxylation is 1. The van der Waals surface area contributed by atoms with E-state index in [9.17, 15) is 0 Å². The molecule has 2 aromatic carbocycles. The van der Waals surface area contributed by atoms with Crippen LogP contribution >= 0.6 is 15.9 Å². The monoisotopic (exact) mass is 315 g/mol. The standard InChI is InChI=1S/C16H14BrNO/c1-12-8-14(10-18)2-5-15(12)11-19-16-6-3-13(9-17)4-7-16/h2-8H,9,11H2,1H3. The van der Waals surface area contributed by atoms with E-state index in [1.54, 1.807) is 0 Å². The Hall–Kier alpha value is -1.79. The molecule has 0 bridgehead atoms. The van der Waals surface area contributed by atoms with Crippen molar-refractivity contribution in [3.8, 4) is 11.8 Å². The maximum atomic E-state index is 8.83. The van der Waals surface area contributed by atoms with Crippen LogP contribution in [0.15, 0.2) is 42.5 Å². The lowest BCUT2D eigenvalue weighted by Crippen LogP contribution is -1.98. The fourth-order valence-corrected chi connectivity index (χ4v) is 2.14. The van der Waals surface area contributed by atoms with Gasteiger partial charge in [-0.05, 0) is 47.9 Å². The van der Waals surface area contributed by atoms with Gasteiger partial charge in [0.25, 0.3) is 0 Å². The van der Waals surface area contributed by atoms with Gasteiger partial charge in [0.1, 0.15) is 12.4 Å². The van der Waals surface area contributed by atoms with Gasteiger partial charge in [-0.1, -0.05) is 34.1 Å². The van der Waals surface area contributed by atoms with Crippen LogP contribution in [0.5, 0.6) is 5.75 Å². The molecule has 3 heteroatoms. The first-order valence-corrected chi connectivity index (χ1v) is 7.12. The Kier molecular flexibility index (Phi) is 4.59. The molecule has 0 spiro atoms. The quantitative estimate of drug-likeness (QED) is 0.786. The van der Waals surface area contributed by atoms with Crippen LogP contribution < -0.4 is 4.74 Å². The average Bonchev–Trinajstić information content (AvgIpc) is 2.46. The molecule has 0 N–H and O–H groups in total. The van der Waals surface area contributed by atoms with Crippen molar-refractivity contribution >= 4 is 15.9 Å². The van der Waals surface area contributed by atoms with E-state index in [0.717, 1.165) is 22.2 Å². The zero-order valence-electron chi connectivity index (χ0n) is 10.7. The summed E-state index contributed by atoms with van der Waals surface area (Å²) in [6.07, 6.45) is 0. The lowest BCUT2D eigenvalue weighted by atomic mass is 10.1. The number of halogens is 1. The summed E-state index contributed by atoms with van der Waals surface area (Å²) in [5.41, 5.74) is 4.09. The molecule has 0 fully saturated rings. The van der Waals surface area contributed by atoms with Gasteiger partial charge in [0.05, 0.1) is 11.6 Å². The normalized spacial score (nSPS) is 9.95. The lowest BCUT2D eigenvalue weighted by molar-refractivity contribution is 0.305. The topological polar surface area (TPSA) is 33.0 Å². The fourth-order valence-electron chi connectivity index (χ4n) is 1.76. The molecule has 0 heterocycles. The number of hydrogen-bond donors (Lipinski definition) is 0. The van der Waals surface area contributed by atoms with E-state index in [1.165, 1.54) is 5.56 Å². The van der Waals surface area contributed by atoms with Gasteiger partial charge in [-0.3, -0.25) is 0 Å². The van der Waals surface area contributed by atoms with E-state index >= 15 is 0 Å². The molecule has 2 rings (SSSR count). The highest BCUT2D eigenvalue weighted by Crippen LogP contribution is 2.17. The van der Waals surface area contributed by atoms with Gasteiger partial charge < -0.3 is 4.74 Å².